The van der Waals surface area contributed by atoms with Crippen LogP contribution in [0.5, 0.6) is 0 Å². The summed E-state index contributed by atoms with van der Waals surface area (Å²) in [6.07, 6.45) is 2.60. The van der Waals surface area contributed by atoms with E-state index in [1.807, 2.05) is 31.2 Å². The van der Waals surface area contributed by atoms with Crippen LogP contribution < -0.4 is 15.5 Å². The number of aryl methyl sites for hydroxylation is 1. The van der Waals surface area contributed by atoms with Gasteiger partial charge in [-0.1, -0.05) is 17.7 Å². The van der Waals surface area contributed by atoms with Crippen molar-refractivity contribution in [3.05, 3.63) is 29.8 Å². The number of hydrogen-bond donors (Lipinski definition) is 2. The Kier molecular flexibility index (Phi) is 4.43. The van der Waals surface area contributed by atoms with Gasteiger partial charge in [0, 0.05) is 18.8 Å². The second-order valence-electron chi connectivity index (χ2n) is 6.22. The molecular weight excluding hydrogens is 278 g/mol. The van der Waals surface area contributed by atoms with E-state index in [2.05, 4.69) is 10.6 Å². The van der Waals surface area contributed by atoms with Crippen LogP contribution in [0.3, 0.4) is 0 Å². The van der Waals surface area contributed by atoms with Gasteiger partial charge in [-0.2, -0.15) is 0 Å². The predicted octanol–water partition coefficient (Wildman–Crippen LogP) is 1.22. The molecule has 2 amide bonds. The largest absolute Gasteiger partial charge is 0.344 e. The molecule has 5 nitrogen and oxygen atoms in total. The standard InChI is InChI=1S/C17H23N3O2/c1-12-4-6-14(7-5-12)20-10-8-15(17(20)22)19-16(21)13-3-2-9-18-11-13/h4-7,13,15,18H,2-3,8-11H2,1H3,(H,19,21). The van der Waals surface area contributed by atoms with Crippen LogP contribution in [0.4, 0.5) is 5.69 Å². The summed E-state index contributed by atoms with van der Waals surface area (Å²) >= 11 is 0. The number of amides is 2. The minimum Gasteiger partial charge on any atom is -0.344 e. The maximum absolute atomic E-state index is 12.5. The topological polar surface area (TPSA) is 61.4 Å². The predicted molar refractivity (Wildman–Crippen MR) is 85.7 cm³/mol. The van der Waals surface area contributed by atoms with Gasteiger partial charge in [0.1, 0.15) is 6.04 Å². The molecule has 5 heteroatoms. The average molecular weight is 301 g/mol. The van der Waals surface area contributed by atoms with Gasteiger partial charge < -0.3 is 15.5 Å². The Morgan fingerprint density at radius 2 is 2.05 bits per heavy atom. The number of anilines is 1. The zero-order valence-corrected chi connectivity index (χ0v) is 13.0. The van der Waals surface area contributed by atoms with E-state index in [-0.39, 0.29) is 23.8 Å². The first-order valence-corrected chi connectivity index (χ1v) is 8.04. The van der Waals surface area contributed by atoms with Crippen LogP contribution in [0.1, 0.15) is 24.8 Å². The summed E-state index contributed by atoms with van der Waals surface area (Å²) in [6, 6.07) is 7.55. The number of piperidine rings is 1. The second kappa shape index (κ2) is 6.48. The molecule has 1 aromatic rings. The van der Waals surface area contributed by atoms with Crippen molar-refractivity contribution in [2.75, 3.05) is 24.5 Å². The van der Waals surface area contributed by atoms with E-state index < -0.39 is 0 Å². The molecule has 2 N–H and O–H groups in total. The molecule has 0 saturated carbocycles. The summed E-state index contributed by atoms with van der Waals surface area (Å²) in [7, 11) is 0. The Hall–Kier alpha value is -1.88. The molecule has 2 saturated heterocycles. The zero-order chi connectivity index (χ0) is 15.5. The highest BCUT2D eigenvalue weighted by Gasteiger charge is 2.35. The van der Waals surface area contributed by atoms with E-state index in [0.717, 1.165) is 25.1 Å². The number of carbonyl (C=O) groups excluding carboxylic acids is 2. The molecule has 0 bridgehead atoms. The highest BCUT2D eigenvalue weighted by Crippen LogP contribution is 2.22. The summed E-state index contributed by atoms with van der Waals surface area (Å²) in [5, 5.41) is 6.17. The average Bonchev–Trinajstić information content (AvgIpc) is 2.90. The fourth-order valence-corrected chi connectivity index (χ4v) is 3.16. The van der Waals surface area contributed by atoms with Crippen molar-refractivity contribution >= 4 is 17.5 Å². The number of hydrogen-bond acceptors (Lipinski definition) is 3. The van der Waals surface area contributed by atoms with Gasteiger partial charge in [0.25, 0.3) is 0 Å². The van der Waals surface area contributed by atoms with Gasteiger partial charge in [-0.05, 0) is 44.9 Å². The summed E-state index contributed by atoms with van der Waals surface area (Å²) in [6.45, 7) is 4.38. The molecule has 2 fully saturated rings. The van der Waals surface area contributed by atoms with E-state index in [1.165, 1.54) is 5.56 Å². The van der Waals surface area contributed by atoms with Crippen molar-refractivity contribution in [2.24, 2.45) is 5.92 Å². The smallest absolute Gasteiger partial charge is 0.249 e. The number of rotatable bonds is 3. The van der Waals surface area contributed by atoms with Gasteiger partial charge in [-0.3, -0.25) is 9.59 Å². The van der Waals surface area contributed by atoms with E-state index >= 15 is 0 Å². The number of benzene rings is 1. The lowest BCUT2D eigenvalue weighted by molar-refractivity contribution is -0.129. The molecular formula is C17H23N3O2. The van der Waals surface area contributed by atoms with Crippen molar-refractivity contribution in [1.29, 1.82) is 0 Å². The lowest BCUT2D eigenvalue weighted by Gasteiger charge is -2.23. The van der Waals surface area contributed by atoms with Crippen LogP contribution in [0.2, 0.25) is 0 Å². The monoisotopic (exact) mass is 301 g/mol. The van der Waals surface area contributed by atoms with Crippen molar-refractivity contribution in [1.82, 2.24) is 10.6 Å². The lowest BCUT2D eigenvalue weighted by atomic mass is 9.98. The van der Waals surface area contributed by atoms with Gasteiger partial charge in [0.15, 0.2) is 0 Å². The molecule has 3 rings (SSSR count). The summed E-state index contributed by atoms with van der Waals surface area (Å²) in [5.74, 6) is 0.00672. The number of carbonyl (C=O) groups is 2. The Morgan fingerprint density at radius 1 is 1.27 bits per heavy atom. The fraction of sp³-hybridized carbons (Fsp3) is 0.529. The van der Waals surface area contributed by atoms with E-state index in [1.54, 1.807) is 4.90 Å². The van der Waals surface area contributed by atoms with Crippen LogP contribution in [-0.2, 0) is 9.59 Å². The van der Waals surface area contributed by atoms with Crippen molar-refractivity contribution in [2.45, 2.75) is 32.2 Å². The molecule has 1 aromatic carbocycles. The van der Waals surface area contributed by atoms with E-state index in [4.69, 9.17) is 0 Å². The molecule has 118 valence electrons. The minimum absolute atomic E-state index is 0.000900. The van der Waals surface area contributed by atoms with Crippen molar-refractivity contribution in [3.8, 4) is 0 Å². The molecule has 0 aliphatic carbocycles. The lowest BCUT2D eigenvalue weighted by Crippen LogP contribution is -2.47. The molecule has 0 spiro atoms. The van der Waals surface area contributed by atoms with Gasteiger partial charge in [0.05, 0.1) is 5.92 Å². The molecule has 2 unspecified atom stereocenters. The normalized spacial score (nSPS) is 25.3. The molecule has 2 aliphatic rings. The zero-order valence-electron chi connectivity index (χ0n) is 13.0. The van der Waals surface area contributed by atoms with E-state index in [0.29, 0.717) is 19.5 Å². The van der Waals surface area contributed by atoms with Crippen LogP contribution in [0.15, 0.2) is 24.3 Å². The molecule has 2 atom stereocenters. The summed E-state index contributed by atoms with van der Waals surface area (Å²) in [4.78, 5) is 26.5. The quantitative estimate of drug-likeness (QED) is 0.882. The first kappa shape index (κ1) is 15.0. The van der Waals surface area contributed by atoms with Gasteiger partial charge in [-0.25, -0.2) is 0 Å². The van der Waals surface area contributed by atoms with Crippen molar-refractivity contribution < 1.29 is 9.59 Å². The third-order valence-corrected chi connectivity index (χ3v) is 4.54. The number of nitrogens with zero attached hydrogens (tertiary/aromatic N) is 1. The van der Waals surface area contributed by atoms with Gasteiger partial charge >= 0.3 is 0 Å². The first-order valence-electron chi connectivity index (χ1n) is 8.04. The third-order valence-electron chi connectivity index (χ3n) is 4.54. The minimum atomic E-state index is -0.379. The Balaban J connectivity index is 1.61. The summed E-state index contributed by atoms with van der Waals surface area (Å²) in [5.41, 5.74) is 2.08. The molecule has 2 heterocycles. The second-order valence-corrected chi connectivity index (χ2v) is 6.22. The Morgan fingerprint density at radius 3 is 2.73 bits per heavy atom. The maximum atomic E-state index is 12.5. The van der Waals surface area contributed by atoms with Crippen LogP contribution >= 0.6 is 0 Å². The Bertz CT molecular complexity index is 550. The molecule has 0 aromatic heterocycles. The Labute approximate surface area is 131 Å². The fourth-order valence-electron chi connectivity index (χ4n) is 3.16. The highest BCUT2D eigenvalue weighted by molar-refractivity contribution is 6.01. The highest BCUT2D eigenvalue weighted by atomic mass is 16.2. The first-order chi connectivity index (χ1) is 10.6. The van der Waals surface area contributed by atoms with Gasteiger partial charge in [-0.15, -0.1) is 0 Å². The third kappa shape index (κ3) is 3.14. The molecule has 0 radical (unpaired) electrons. The van der Waals surface area contributed by atoms with E-state index in [9.17, 15) is 9.59 Å². The van der Waals surface area contributed by atoms with Crippen LogP contribution in [0, 0.1) is 12.8 Å². The molecule has 22 heavy (non-hydrogen) atoms. The number of nitrogens with one attached hydrogen (secondary N) is 2. The van der Waals surface area contributed by atoms with Crippen LogP contribution in [-0.4, -0.2) is 37.5 Å². The molecule has 2 aliphatic heterocycles. The van der Waals surface area contributed by atoms with Crippen LogP contribution in [0.25, 0.3) is 0 Å². The van der Waals surface area contributed by atoms with Gasteiger partial charge in [0.2, 0.25) is 11.8 Å². The van der Waals surface area contributed by atoms with Crippen molar-refractivity contribution in [3.63, 3.8) is 0 Å². The SMILES string of the molecule is Cc1ccc(N2CCC(NC(=O)C3CCCNC3)C2=O)cc1. The summed E-state index contributed by atoms with van der Waals surface area (Å²) < 4.78 is 0. The maximum Gasteiger partial charge on any atom is 0.249 e.